The first-order chi connectivity index (χ1) is 4.00. The van der Waals surface area contributed by atoms with Crippen molar-refractivity contribution < 1.29 is 82.3 Å². The Hall–Kier alpha value is 1.08. The topological polar surface area (TPSA) is 192 Å². The monoisotopic (exact) mass is 350 g/mol. The van der Waals surface area contributed by atoms with Gasteiger partial charge in [-0.1, -0.05) is 0 Å². The first-order valence-corrected chi connectivity index (χ1v) is 4.00. The molecule has 0 amide bonds. The van der Waals surface area contributed by atoms with Crippen molar-refractivity contribution in [1.82, 2.24) is 0 Å². The van der Waals surface area contributed by atoms with Crippen LogP contribution in [-0.2, 0) is 20.8 Å². The summed E-state index contributed by atoms with van der Waals surface area (Å²) in [7, 11) is -10.3. The van der Waals surface area contributed by atoms with Crippen molar-refractivity contribution in [3.63, 3.8) is 0 Å². The van der Waals surface area contributed by atoms with Gasteiger partial charge >= 0.3 is 0 Å². The van der Waals surface area contributed by atoms with Gasteiger partial charge in [-0.25, -0.2) is 0 Å². The number of rotatable bonds is 0. The fourth-order valence-electron chi connectivity index (χ4n) is 0. The van der Waals surface area contributed by atoms with Crippen molar-refractivity contribution in [3.05, 3.63) is 0 Å². The molecule has 0 aliphatic carbocycles. The number of hydrogen-bond donors (Lipinski definition) is 0. The van der Waals surface area contributed by atoms with E-state index in [1.54, 1.807) is 0 Å². The van der Waals surface area contributed by atoms with E-state index < -0.39 is 20.8 Å². The van der Waals surface area contributed by atoms with Crippen LogP contribution in [-0.4, -0.2) is 40.5 Å². The molecular formula is H2CeO9S2-4. The van der Waals surface area contributed by atoms with Gasteiger partial charge in [0, 0.05) is 62.5 Å². The fourth-order valence-corrected chi connectivity index (χ4v) is 0. The van der Waals surface area contributed by atoms with Gasteiger partial charge in [0.2, 0.25) is 0 Å². The molecule has 0 spiro atoms. The first kappa shape index (κ1) is 23.1. The molecule has 0 radical (unpaired) electrons. The molecular weight excluding hydrogens is 348 g/mol. The molecule has 0 fully saturated rings. The van der Waals surface area contributed by atoms with Crippen LogP contribution >= 0.6 is 0 Å². The van der Waals surface area contributed by atoms with Crippen LogP contribution in [0.1, 0.15) is 0 Å². The molecule has 9 nitrogen and oxygen atoms in total. The maximum absolute atomic E-state index is 8.52. The summed E-state index contributed by atoms with van der Waals surface area (Å²) in [4.78, 5) is 0. The van der Waals surface area contributed by atoms with Gasteiger partial charge in [-0.15, -0.1) is 0 Å². The quantitative estimate of drug-likeness (QED) is 0.317. The van der Waals surface area contributed by atoms with E-state index in [1.807, 2.05) is 0 Å². The Morgan fingerprint density at radius 2 is 0.667 bits per heavy atom. The molecule has 0 rings (SSSR count). The molecule has 0 aromatic carbocycles. The van der Waals surface area contributed by atoms with Crippen molar-refractivity contribution in [1.29, 1.82) is 0 Å². The largest absolute Gasteiger partial charge is 0.759 e. The molecule has 12 heteroatoms. The SMILES string of the molecule is O.O=S(=O)([O-])[O-].O=S(=O)([O-])[O-].[Ce]. The zero-order valence-corrected chi connectivity index (χ0v) is 9.86. The molecule has 0 saturated heterocycles. The Bertz CT molecular complexity index is 209. The van der Waals surface area contributed by atoms with E-state index in [4.69, 9.17) is 35.0 Å². The van der Waals surface area contributed by atoms with E-state index in [1.165, 1.54) is 0 Å². The van der Waals surface area contributed by atoms with Crippen molar-refractivity contribution in [2.45, 2.75) is 0 Å². The summed E-state index contributed by atoms with van der Waals surface area (Å²) < 4.78 is 68.2. The Labute approximate surface area is 102 Å². The predicted octanol–water partition coefficient (Wildman–Crippen LogP) is -3.50. The Morgan fingerprint density at radius 1 is 0.667 bits per heavy atom. The summed E-state index contributed by atoms with van der Waals surface area (Å²) in [6.07, 6.45) is 0. The molecule has 0 unspecified atom stereocenters. The first-order valence-electron chi connectivity index (χ1n) is 1.33. The van der Waals surface area contributed by atoms with Crippen molar-refractivity contribution in [3.8, 4) is 0 Å². The average Bonchev–Trinajstić information content (AvgIpc) is 1.12. The van der Waals surface area contributed by atoms with E-state index in [-0.39, 0.29) is 47.2 Å². The molecule has 12 heavy (non-hydrogen) atoms. The summed E-state index contributed by atoms with van der Waals surface area (Å²) in [6.45, 7) is 0. The van der Waals surface area contributed by atoms with Crippen LogP contribution in [0.15, 0.2) is 0 Å². The second-order valence-electron chi connectivity index (χ2n) is 0.816. The molecule has 76 valence electrons. The van der Waals surface area contributed by atoms with Crippen LogP contribution in [0.2, 0.25) is 0 Å². The minimum Gasteiger partial charge on any atom is -0.759 e. The minimum absolute atomic E-state index is 0. The second-order valence-corrected chi connectivity index (χ2v) is 2.45. The molecule has 0 aliphatic rings. The van der Waals surface area contributed by atoms with E-state index in [0.29, 0.717) is 0 Å². The third kappa shape index (κ3) is 970. The van der Waals surface area contributed by atoms with Gasteiger partial charge in [-0.05, 0) is 0 Å². The van der Waals surface area contributed by atoms with E-state index >= 15 is 0 Å². The summed E-state index contributed by atoms with van der Waals surface area (Å²) in [5, 5.41) is 0. The fraction of sp³-hybridized carbons (Fsp3) is 0. The average molecular weight is 350 g/mol. The van der Waals surface area contributed by atoms with Crippen molar-refractivity contribution in [2.75, 3.05) is 0 Å². The van der Waals surface area contributed by atoms with Crippen LogP contribution in [0.4, 0.5) is 0 Å². The van der Waals surface area contributed by atoms with Gasteiger partial charge in [-0.3, -0.25) is 16.8 Å². The van der Waals surface area contributed by atoms with Crippen LogP contribution < -0.4 is 0 Å². The van der Waals surface area contributed by atoms with E-state index in [9.17, 15) is 0 Å². The molecule has 0 bridgehead atoms. The molecule has 0 aromatic heterocycles. The third-order valence-corrected chi connectivity index (χ3v) is 0. The van der Waals surface area contributed by atoms with Crippen molar-refractivity contribution in [2.24, 2.45) is 0 Å². The zero-order chi connectivity index (χ0) is 9.00. The standard InChI is InChI=1S/Ce.2H2O4S.H2O/c;2*1-5(2,3)4;/h;2*(H2,1,2,3,4);1H2/p-4. The minimum atomic E-state index is -5.17. The van der Waals surface area contributed by atoms with Crippen molar-refractivity contribution >= 4 is 20.8 Å². The Morgan fingerprint density at radius 3 is 0.667 bits per heavy atom. The smallest absolute Gasteiger partial charge is 0.0311 e. The maximum atomic E-state index is 8.52. The molecule has 2 N–H and O–H groups in total. The molecule has 0 aromatic rings. The maximum Gasteiger partial charge on any atom is 0.0311 e. The van der Waals surface area contributed by atoms with E-state index in [2.05, 4.69) is 0 Å². The second kappa shape index (κ2) is 8.67. The summed E-state index contributed by atoms with van der Waals surface area (Å²) >= 11 is 0. The van der Waals surface area contributed by atoms with Gasteiger partial charge in [0.1, 0.15) is 0 Å². The molecule has 0 aliphatic heterocycles. The third-order valence-electron chi connectivity index (χ3n) is 0. The van der Waals surface area contributed by atoms with Crippen LogP contribution in [0.5, 0.6) is 0 Å². The van der Waals surface area contributed by atoms with Gasteiger partial charge in [0.05, 0.1) is 0 Å². The van der Waals surface area contributed by atoms with Crippen LogP contribution in [0, 0.1) is 41.7 Å². The zero-order valence-electron chi connectivity index (χ0n) is 5.08. The van der Waals surface area contributed by atoms with Gasteiger partial charge in [0.25, 0.3) is 0 Å². The molecule has 0 saturated carbocycles. The predicted molar refractivity (Wildman–Crippen MR) is 24.6 cm³/mol. The summed E-state index contributed by atoms with van der Waals surface area (Å²) in [5.41, 5.74) is 0. The van der Waals surface area contributed by atoms with Crippen LogP contribution in [0.25, 0.3) is 0 Å². The molecule has 0 heterocycles. The normalized spacial score (nSPS) is 9.67. The van der Waals surface area contributed by atoms with E-state index in [0.717, 1.165) is 0 Å². The van der Waals surface area contributed by atoms with Gasteiger partial charge in [-0.2, -0.15) is 0 Å². The van der Waals surface area contributed by atoms with Crippen LogP contribution in [0.3, 0.4) is 0 Å². The Balaban J connectivity index is -0.0000000457. The summed E-state index contributed by atoms with van der Waals surface area (Å²) in [6, 6.07) is 0. The molecule has 0 atom stereocenters. The number of hydrogen-bond acceptors (Lipinski definition) is 8. The Kier molecular flexibility index (Phi) is 16.7. The summed E-state index contributed by atoms with van der Waals surface area (Å²) in [5.74, 6) is 0. The van der Waals surface area contributed by atoms with Gasteiger partial charge < -0.3 is 23.7 Å². The van der Waals surface area contributed by atoms with Gasteiger partial charge in [0.15, 0.2) is 0 Å².